The van der Waals surface area contributed by atoms with E-state index < -0.39 is 0 Å². The summed E-state index contributed by atoms with van der Waals surface area (Å²) in [6.45, 7) is 9.26. The SMILES string of the molecule is Cc1ccc2nc([C@H](C)NC(=O)N(Cc3ccco3)CC(C)C)[nH]c2c1. The number of nitrogens with zero attached hydrogens (tertiary/aromatic N) is 2. The van der Waals surface area contributed by atoms with E-state index in [1.807, 2.05) is 38.1 Å². The Labute approximate surface area is 153 Å². The molecule has 0 radical (unpaired) electrons. The highest BCUT2D eigenvalue weighted by atomic mass is 16.3. The van der Waals surface area contributed by atoms with Crippen LogP contribution in [0.5, 0.6) is 0 Å². The minimum absolute atomic E-state index is 0.126. The van der Waals surface area contributed by atoms with Gasteiger partial charge in [-0.05, 0) is 49.6 Å². The van der Waals surface area contributed by atoms with Crippen molar-refractivity contribution in [2.24, 2.45) is 5.92 Å². The zero-order valence-electron chi connectivity index (χ0n) is 15.7. The molecule has 0 aliphatic rings. The van der Waals surface area contributed by atoms with Crippen molar-refractivity contribution >= 4 is 17.1 Å². The number of fused-ring (bicyclic) bond motifs is 1. The molecule has 1 atom stereocenters. The van der Waals surface area contributed by atoms with Gasteiger partial charge in [-0.25, -0.2) is 9.78 Å². The van der Waals surface area contributed by atoms with E-state index in [0.29, 0.717) is 19.0 Å². The smallest absolute Gasteiger partial charge is 0.318 e. The van der Waals surface area contributed by atoms with Crippen LogP contribution < -0.4 is 5.32 Å². The first kappa shape index (κ1) is 18.0. The Morgan fingerprint density at radius 1 is 1.31 bits per heavy atom. The third-order valence-electron chi connectivity index (χ3n) is 4.21. The van der Waals surface area contributed by atoms with Crippen molar-refractivity contribution < 1.29 is 9.21 Å². The highest BCUT2D eigenvalue weighted by molar-refractivity contribution is 5.77. The number of aryl methyl sites for hydroxylation is 1. The van der Waals surface area contributed by atoms with Crippen LogP contribution in [-0.4, -0.2) is 27.4 Å². The van der Waals surface area contributed by atoms with Gasteiger partial charge in [0.1, 0.15) is 11.6 Å². The average molecular weight is 354 g/mol. The normalized spacial score (nSPS) is 12.5. The van der Waals surface area contributed by atoms with E-state index in [1.54, 1.807) is 11.2 Å². The van der Waals surface area contributed by atoms with Crippen molar-refractivity contribution in [3.8, 4) is 0 Å². The standard InChI is InChI=1S/C20H26N4O2/c1-13(2)11-24(12-16-6-5-9-26-16)20(25)21-15(4)19-22-17-8-7-14(3)10-18(17)23-19/h5-10,13,15H,11-12H2,1-4H3,(H,21,25)(H,22,23)/t15-/m0/s1. The molecule has 0 unspecified atom stereocenters. The van der Waals surface area contributed by atoms with E-state index in [0.717, 1.165) is 22.6 Å². The fourth-order valence-corrected chi connectivity index (χ4v) is 2.94. The number of benzene rings is 1. The molecule has 0 saturated carbocycles. The Balaban J connectivity index is 1.72. The molecule has 2 heterocycles. The van der Waals surface area contributed by atoms with Gasteiger partial charge >= 0.3 is 6.03 Å². The Bertz CT molecular complexity index is 867. The summed E-state index contributed by atoms with van der Waals surface area (Å²) in [5.41, 5.74) is 3.06. The molecule has 2 aromatic heterocycles. The highest BCUT2D eigenvalue weighted by Gasteiger charge is 2.20. The minimum atomic E-state index is -0.221. The van der Waals surface area contributed by atoms with Gasteiger partial charge in [-0.15, -0.1) is 0 Å². The predicted octanol–water partition coefficient (Wildman–Crippen LogP) is 4.39. The molecule has 6 nitrogen and oxygen atoms in total. The molecule has 2 amide bonds. The molecule has 26 heavy (non-hydrogen) atoms. The topological polar surface area (TPSA) is 74.2 Å². The van der Waals surface area contributed by atoms with Gasteiger partial charge in [-0.2, -0.15) is 0 Å². The summed E-state index contributed by atoms with van der Waals surface area (Å²) in [5, 5.41) is 3.04. The predicted molar refractivity (Wildman–Crippen MR) is 102 cm³/mol. The molecule has 0 aliphatic carbocycles. The summed E-state index contributed by atoms with van der Waals surface area (Å²) in [5.74, 6) is 1.88. The maximum absolute atomic E-state index is 12.8. The first-order chi connectivity index (χ1) is 12.4. The van der Waals surface area contributed by atoms with Gasteiger partial charge in [0.25, 0.3) is 0 Å². The number of nitrogens with one attached hydrogen (secondary N) is 2. The number of furan rings is 1. The van der Waals surface area contributed by atoms with Crippen molar-refractivity contribution in [3.63, 3.8) is 0 Å². The number of amides is 2. The zero-order chi connectivity index (χ0) is 18.7. The third kappa shape index (κ3) is 4.25. The van der Waals surface area contributed by atoms with Crippen molar-refractivity contribution in [1.29, 1.82) is 0 Å². The lowest BCUT2D eigenvalue weighted by atomic mass is 10.2. The largest absolute Gasteiger partial charge is 0.467 e. The lowest BCUT2D eigenvalue weighted by molar-refractivity contribution is 0.179. The Morgan fingerprint density at radius 3 is 2.81 bits per heavy atom. The maximum atomic E-state index is 12.8. The maximum Gasteiger partial charge on any atom is 0.318 e. The fraction of sp³-hybridized carbons (Fsp3) is 0.400. The molecule has 0 spiro atoms. The number of rotatable bonds is 6. The van der Waals surface area contributed by atoms with Crippen LogP contribution >= 0.6 is 0 Å². The second-order valence-electron chi connectivity index (χ2n) is 7.17. The van der Waals surface area contributed by atoms with Gasteiger partial charge in [0.2, 0.25) is 0 Å². The third-order valence-corrected chi connectivity index (χ3v) is 4.21. The van der Waals surface area contributed by atoms with Gasteiger partial charge in [-0.1, -0.05) is 19.9 Å². The van der Waals surface area contributed by atoms with Gasteiger partial charge < -0.3 is 19.6 Å². The van der Waals surface area contributed by atoms with Crippen LogP contribution in [0, 0.1) is 12.8 Å². The van der Waals surface area contributed by atoms with Gasteiger partial charge in [0.15, 0.2) is 0 Å². The fourth-order valence-electron chi connectivity index (χ4n) is 2.94. The molecule has 138 valence electrons. The van der Waals surface area contributed by atoms with Gasteiger partial charge in [0.05, 0.1) is 29.9 Å². The molecular formula is C20H26N4O2. The molecule has 6 heteroatoms. The van der Waals surface area contributed by atoms with E-state index in [-0.39, 0.29) is 12.1 Å². The number of aromatic nitrogens is 2. The number of H-pyrrole nitrogens is 1. The first-order valence-electron chi connectivity index (χ1n) is 8.96. The van der Waals surface area contributed by atoms with Gasteiger partial charge in [-0.3, -0.25) is 0 Å². The number of hydrogen-bond acceptors (Lipinski definition) is 3. The highest BCUT2D eigenvalue weighted by Crippen LogP contribution is 2.18. The summed E-state index contributed by atoms with van der Waals surface area (Å²) in [7, 11) is 0. The molecule has 0 aliphatic heterocycles. The summed E-state index contributed by atoms with van der Waals surface area (Å²) >= 11 is 0. The molecular weight excluding hydrogens is 328 g/mol. The van der Waals surface area contributed by atoms with Crippen molar-refractivity contribution in [1.82, 2.24) is 20.2 Å². The van der Waals surface area contributed by atoms with Crippen LogP contribution in [0.25, 0.3) is 11.0 Å². The number of hydrogen-bond donors (Lipinski definition) is 2. The monoisotopic (exact) mass is 354 g/mol. The molecule has 0 fully saturated rings. The lowest BCUT2D eigenvalue weighted by Crippen LogP contribution is -2.42. The second kappa shape index (κ2) is 7.64. The quantitative estimate of drug-likeness (QED) is 0.689. The van der Waals surface area contributed by atoms with E-state index in [1.165, 1.54) is 5.56 Å². The van der Waals surface area contributed by atoms with E-state index >= 15 is 0 Å². The van der Waals surface area contributed by atoms with Crippen LogP contribution in [0.3, 0.4) is 0 Å². The Morgan fingerprint density at radius 2 is 2.12 bits per heavy atom. The zero-order valence-corrected chi connectivity index (χ0v) is 15.7. The van der Waals surface area contributed by atoms with Crippen molar-refractivity contribution in [2.45, 2.75) is 40.3 Å². The molecule has 0 bridgehead atoms. The van der Waals surface area contributed by atoms with Crippen LogP contribution in [0.2, 0.25) is 0 Å². The molecule has 0 saturated heterocycles. The second-order valence-corrected chi connectivity index (χ2v) is 7.17. The van der Waals surface area contributed by atoms with Crippen LogP contribution in [-0.2, 0) is 6.54 Å². The van der Waals surface area contributed by atoms with Crippen LogP contribution in [0.1, 0.15) is 44.0 Å². The van der Waals surface area contributed by atoms with E-state index in [9.17, 15) is 4.79 Å². The number of imidazole rings is 1. The van der Waals surface area contributed by atoms with Crippen molar-refractivity contribution in [3.05, 3.63) is 53.7 Å². The molecule has 3 rings (SSSR count). The Kier molecular flexibility index (Phi) is 5.30. The number of carbonyl (C=O) groups is 1. The van der Waals surface area contributed by atoms with E-state index in [2.05, 4.69) is 35.2 Å². The van der Waals surface area contributed by atoms with Gasteiger partial charge in [0, 0.05) is 6.54 Å². The summed E-state index contributed by atoms with van der Waals surface area (Å²) in [6.07, 6.45) is 1.62. The van der Waals surface area contributed by atoms with Crippen LogP contribution in [0.15, 0.2) is 41.0 Å². The minimum Gasteiger partial charge on any atom is -0.467 e. The number of carbonyl (C=O) groups excluding carboxylic acids is 1. The van der Waals surface area contributed by atoms with Crippen molar-refractivity contribution in [2.75, 3.05) is 6.54 Å². The summed E-state index contributed by atoms with van der Waals surface area (Å²) < 4.78 is 5.40. The average Bonchev–Trinajstić information content (AvgIpc) is 3.22. The summed E-state index contributed by atoms with van der Waals surface area (Å²) in [4.78, 5) is 22.5. The summed E-state index contributed by atoms with van der Waals surface area (Å²) in [6, 6.07) is 9.44. The molecule has 2 N–H and O–H groups in total. The lowest BCUT2D eigenvalue weighted by Gasteiger charge is -2.25. The van der Waals surface area contributed by atoms with E-state index in [4.69, 9.17) is 4.42 Å². The van der Waals surface area contributed by atoms with Crippen LogP contribution in [0.4, 0.5) is 4.79 Å². The number of urea groups is 1. The Hall–Kier alpha value is -2.76. The molecule has 1 aromatic carbocycles. The molecule has 3 aromatic rings. The first-order valence-corrected chi connectivity index (χ1v) is 8.96. The number of aromatic amines is 1.